The number of benzene rings is 1. The Morgan fingerprint density at radius 2 is 1.92 bits per heavy atom. The lowest BCUT2D eigenvalue weighted by atomic mass is 9.40. The summed E-state index contributed by atoms with van der Waals surface area (Å²) in [5, 5.41) is 13.7. The number of halogens is 2. The number of nitrogens with zero attached hydrogens (tertiary/aromatic N) is 4. The molecule has 1 aromatic heterocycles. The first-order chi connectivity index (χ1) is 12.0. The standard InChI is InChI=1S/C18H16F2N4O/c19-15(20)12-3-1-11(2-4-12)13-5-6-14-22-24(16(25)23(13)14)18-7-17(8-18,9-18)10-21/h1-4,13,15H,5-9H2/t13-,17?,18?/m0/s1. The van der Waals surface area contributed by atoms with Gasteiger partial charge in [-0.3, -0.25) is 4.57 Å². The molecule has 6 rings (SSSR count). The molecule has 3 aliphatic carbocycles. The van der Waals surface area contributed by atoms with Gasteiger partial charge in [-0.2, -0.15) is 10.4 Å². The highest BCUT2D eigenvalue weighted by Gasteiger charge is 2.71. The van der Waals surface area contributed by atoms with Crippen LogP contribution in [0.15, 0.2) is 29.1 Å². The lowest BCUT2D eigenvalue weighted by Gasteiger charge is -2.65. The number of alkyl halides is 2. The van der Waals surface area contributed by atoms with E-state index in [9.17, 15) is 13.6 Å². The molecule has 0 N–H and O–H groups in total. The molecule has 5 nitrogen and oxygen atoms in total. The number of hydrogen-bond donors (Lipinski definition) is 0. The van der Waals surface area contributed by atoms with Gasteiger partial charge in [-0.05, 0) is 31.2 Å². The van der Waals surface area contributed by atoms with Crippen LogP contribution in [-0.2, 0) is 12.0 Å². The number of aryl methyl sites for hydroxylation is 1. The third kappa shape index (κ3) is 1.80. The summed E-state index contributed by atoms with van der Waals surface area (Å²) in [6.45, 7) is 0. The van der Waals surface area contributed by atoms with Crippen LogP contribution in [0.2, 0.25) is 0 Å². The van der Waals surface area contributed by atoms with E-state index in [1.165, 1.54) is 12.1 Å². The number of aromatic nitrogens is 3. The second-order valence-electron chi connectivity index (χ2n) is 7.65. The van der Waals surface area contributed by atoms with Gasteiger partial charge < -0.3 is 0 Å². The van der Waals surface area contributed by atoms with Crippen molar-refractivity contribution < 1.29 is 8.78 Å². The second-order valence-corrected chi connectivity index (χ2v) is 7.65. The third-order valence-corrected chi connectivity index (χ3v) is 6.10. The maximum absolute atomic E-state index is 12.9. The van der Waals surface area contributed by atoms with Crippen molar-refractivity contribution in [1.29, 1.82) is 5.26 Å². The quantitative estimate of drug-likeness (QED) is 0.861. The van der Waals surface area contributed by atoms with Gasteiger partial charge in [-0.1, -0.05) is 24.3 Å². The zero-order valence-corrected chi connectivity index (χ0v) is 13.5. The monoisotopic (exact) mass is 342 g/mol. The van der Waals surface area contributed by atoms with Crippen molar-refractivity contribution in [3.8, 4) is 6.07 Å². The van der Waals surface area contributed by atoms with Gasteiger partial charge in [0.15, 0.2) is 0 Å². The number of hydrogen-bond acceptors (Lipinski definition) is 3. The molecule has 1 aliphatic heterocycles. The second kappa shape index (κ2) is 4.57. The summed E-state index contributed by atoms with van der Waals surface area (Å²) in [6.07, 6.45) is 1.09. The van der Waals surface area contributed by atoms with Gasteiger partial charge in [-0.25, -0.2) is 18.3 Å². The van der Waals surface area contributed by atoms with Gasteiger partial charge in [0, 0.05) is 12.0 Å². The van der Waals surface area contributed by atoms with Gasteiger partial charge in [0.25, 0.3) is 6.43 Å². The van der Waals surface area contributed by atoms with E-state index in [1.54, 1.807) is 21.4 Å². The molecular weight excluding hydrogens is 326 g/mol. The Balaban J connectivity index is 1.49. The van der Waals surface area contributed by atoms with Crippen LogP contribution in [0.4, 0.5) is 8.78 Å². The predicted octanol–water partition coefficient (Wildman–Crippen LogP) is 2.92. The maximum Gasteiger partial charge on any atom is 0.347 e. The van der Waals surface area contributed by atoms with E-state index in [0.717, 1.165) is 17.8 Å². The first-order valence-electron chi connectivity index (χ1n) is 8.47. The molecule has 2 bridgehead atoms. The molecule has 0 amide bonds. The largest absolute Gasteiger partial charge is 0.347 e. The molecule has 0 radical (unpaired) electrons. The zero-order chi connectivity index (χ0) is 17.4. The summed E-state index contributed by atoms with van der Waals surface area (Å²) >= 11 is 0. The molecule has 0 saturated heterocycles. The molecule has 4 aliphatic rings. The average molecular weight is 342 g/mol. The Kier molecular flexibility index (Phi) is 2.71. The fourth-order valence-electron chi connectivity index (χ4n) is 4.86. The van der Waals surface area contributed by atoms with Crippen molar-refractivity contribution in [3.05, 3.63) is 51.7 Å². The van der Waals surface area contributed by atoms with E-state index in [-0.39, 0.29) is 28.2 Å². The van der Waals surface area contributed by atoms with Crippen molar-refractivity contribution in [2.75, 3.05) is 0 Å². The van der Waals surface area contributed by atoms with Crippen LogP contribution in [0.3, 0.4) is 0 Å². The first-order valence-corrected chi connectivity index (χ1v) is 8.47. The summed E-state index contributed by atoms with van der Waals surface area (Å²) in [4.78, 5) is 12.9. The highest BCUT2D eigenvalue weighted by atomic mass is 19.3. The third-order valence-electron chi connectivity index (χ3n) is 6.10. The average Bonchev–Trinajstić information content (AvgIpc) is 3.07. The fraction of sp³-hybridized carbons (Fsp3) is 0.500. The molecule has 1 aromatic carbocycles. The van der Waals surface area contributed by atoms with Crippen LogP contribution in [0.5, 0.6) is 0 Å². The van der Waals surface area contributed by atoms with Gasteiger partial charge in [-0.15, -0.1) is 0 Å². The molecule has 2 heterocycles. The van der Waals surface area contributed by atoms with E-state index in [0.29, 0.717) is 25.7 Å². The minimum absolute atomic E-state index is 0.0133. The minimum atomic E-state index is -2.49. The Morgan fingerprint density at radius 1 is 1.24 bits per heavy atom. The summed E-state index contributed by atoms with van der Waals surface area (Å²) in [5.74, 6) is 0.753. The molecule has 128 valence electrons. The maximum atomic E-state index is 12.9. The Bertz CT molecular complexity index is 947. The first kappa shape index (κ1) is 14.8. The highest BCUT2D eigenvalue weighted by Crippen LogP contribution is 2.70. The minimum Gasteiger partial charge on any atom is -0.271 e. The van der Waals surface area contributed by atoms with Gasteiger partial charge in [0.2, 0.25) is 0 Å². The van der Waals surface area contributed by atoms with Crippen molar-refractivity contribution >= 4 is 0 Å². The Labute approximate surface area is 142 Å². The van der Waals surface area contributed by atoms with Crippen LogP contribution >= 0.6 is 0 Å². The van der Waals surface area contributed by atoms with Gasteiger partial charge >= 0.3 is 5.69 Å². The van der Waals surface area contributed by atoms with Crippen LogP contribution in [0.25, 0.3) is 0 Å². The predicted molar refractivity (Wildman–Crippen MR) is 84.2 cm³/mol. The molecule has 7 heteroatoms. The lowest BCUT2D eigenvalue weighted by molar-refractivity contribution is -0.155. The Morgan fingerprint density at radius 3 is 2.52 bits per heavy atom. The van der Waals surface area contributed by atoms with Crippen molar-refractivity contribution in [1.82, 2.24) is 14.3 Å². The summed E-state index contributed by atoms with van der Waals surface area (Å²) in [7, 11) is 0. The summed E-state index contributed by atoms with van der Waals surface area (Å²) in [5.41, 5.74) is 0.199. The number of rotatable bonds is 3. The molecule has 25 heavy (non-hydrogen) atoms. The van der Waals surface area contributed by atoms with E-state index >= 15 is 0 Å². The van der Waals surface area contributed by atoms with E-state index in [2.05, 4.69) is 11.2 Å². The van der Waals surface area contributed by atoms with E-state index in [1.807, 2.05) is 0 Å². The molecule has 3 fully saturated rings. The smallest absolute Gasteiger partial charge is 0.271 e. The zero-order valence-electron chi connectivity index (χ0n) is 13.5. The topological polar surface area (TPSA) is 63.6 Å². The normalized spacial score (nSPS) is 32.0. The van der Waals surface area contributed by atoms with Crippen LogP contribution in [0, 0.1) is 16.7 Å². The summed E-state index contributed by atoms with van der Waals surface area (Å²) < 4.78 is 28.8. The molecule has 0 spiro atoms. The number of fused-ring (bicyclic) bond motifs is 1. The summed E-state index contributed by atoms with van der Waals surface area (Å²) in [6, 6.07) is 8.39. The molecule has 2 aromatic rings. The molecular formula is C18H16F2N4O. The van der Waals surface area contributed by atoms with Crippen LogP contribution < -0.4 is 5.69 Å². The molecule has 1 atom stereocenters. The van der Waals surface area contributed by atoms with Crippen LogP contribution in [0.1, 0.15) is 55.1 Å². The lowest BCUT2D eigenvalue weighted by Crippen LogP contribution is -2.69. The van der Waals surface area contributed by atoms with Crippen LogP contribution in [-0.4, -0.2) is 14.3 Å². The van der Waals surface area contributed by atoms with Gasteiger partial charge in [0.1, 0.15) is 5.82 Å². The molecule has 0 unspecified atom stereocenters. The van der Waals surface area contributed by atoms with Crippen molar-refractivity contribution in [3.63, 3.8) is 0 Å². The SMILES string of the molecule is N#CC12CC(n3nc4n(c3=O)[C@H](c3ccc(C(F)F)cc3)CC4)(C1)C2. The van der Waals surface area contributed by atoms with E-state index < -0.39 is 6.43 Å². The fourth-order valence-corrected chi connectivity index (χ4v) is 4.86. The number of nitriles is 1. The van der Waals surface area contributed by atoms with Crippen molar-refractivity contribution in [2.24, 2.45) is 5.41 Å². The van der Waals surface area contributed by atoms with E-state index in [4.69, 9.17) is 5.26 Å². The van der Waals surface area contributed by atoms with Gasteiger partial charge in [0.05, 0.1) is 23.1 Å². The van der Waals surface area contributed by atoms with Crippen molar-refractivity contribution in [2.45, 2.75) is 50.1 Å². The Hall–Kier alpha value is -2.49. The highest BCUT2D eigenvalue weighted by molar-refractivity contribution is 5.30. The molecule has 3 saturated carbocycles.